The number of aryl methyl sites for hydroxylation is 1. The maximum atomic E-state index is 6.75. The molecule has 6 aromatic carbocycles. The number of fused-ring (bicyclic) bond motifs is 9. The van der Waals surface area contributed by atoms with Crippen LogP contribution in [0.1, 0.15) is 57.4 Å². The van der Waals surface area contributed by atoms with Gasteiger partial charge >= 0.3 is 0 Å². The lowest BCUT2D eigenvalue weighted by Gasteiger charge is -2.32. The Balaban J connectivity index is 0.921. The summed E-state index contributed by atoms with van der Waals surface area (Å²) in [6, 6.07) is 50.1. The van der Waals surface area contributed by atoms with E-state index < -0.39 is 0 Å². The minimum Gasteiger partial charge on any atom is -0.456 e. The number of hydrogen-bond donors (Lipinski definition) is 2. The summed E-state index contributed by atoms with van der Waals surface area (Å²) in [4.78, 5) is 9.20. The molecule has 5 nitrogen and oxygen atoms in total. The summed E-state index contributed by atoms with van der Waals surface area (Å²) < 4.78 is 8.10. The molecule has 2 aliphatic heterocycles. The number of furan rings is 1. The topological polar surface area (TPSA) is 52.8 Å². The highest BCUT2D eigenvalue weighted by Crippen LogP contribution is 2.49. The number of thiophene rings is 1. The van der Waals surface area contributed by atoms with Gasteiger partial charge in [-0.2, -0.15) is 0 Å². The molecule has 57 heavy (non-hydrogen) atoms. The van der Waals surface area contributed by atoms with Gasteiger partial charge in [0.1, 0.15) is 29.3 Å². The monoisotopic (exact) mass is 754 g/mol. The first kappa shape index (κ1) is 32.7. The number of para-hydroxylation sites is 2. The number of benzene rings is 6. The third-order valence-electron chi connectivity index (χ3n) is 12.2. The molecule has 4 atom stereocenters. The van der Waals surface area contributed by atoms with Crippen LogP contribution in [0.2, 0.25) is 0 Å². The van der Waals surface area contributed by atoms with Crippen molar-refractivity contribution >= 4 is 61.0 Å². The maximum absolute atomic E-state index is 6.75. The number of nitrogens with zero attached hydrogens (tertiary/aromatic N) is 2. The van der Waals surface area contributed by atoms with Crippen molar-refractivity contribution in [3.05, 3.63) is 202 Å². The van der Waals surface area contributed by atoms with E-state index in [-0.39, 0.29) is 12.3 Å². The third kappa shape index (κ3) is 5.28. The third-order valence-corrected chi connectivity index (χ3v) is 13.5. The Morgan fingerprint density at radius 2 is 1.47 bits per heavy atom. The zero-order chi connectivity index (χ0) is 37.5. The standard InChI is InChI=1S/C51H38N4OS/c1-3-13-31(14-4-1)49-52-50(32-15-5-2-6-16-32)54-51(53-49)40-22-12-20-38-41-29-33(25-27-45(41)56-47(38)40)35-19-11-21-39-42-30-34(26-28-46(42)57-48(35)39)55-43-23-9-7-17-36(43)37-18-8-10-24-44(37)55/h1-25,27,29-30,36,43,49,51,53H,26,28H2,(H,52,54). The molecule has 0 amide bonds. The number of anilines is 1. The van der Waals surface area contributed by atoms with Crippen LogP contribution in [-0.2, 0) is 6.42 Å². The van der Waals surface area contributed by atoms with Gasteiger partial charge in [-0.05, 0) is 64.9 Å². The van der Waals surface area contributed by atoms with E-state index >= 15 is 0 Å². The van der Waals surface area contributed by atoms with Crippen molar-refractivity contribution in [3.8, 4) is 11.1 Å². The van der Waals surface area contributed by atoms with E-state index in [1.54, 1.807) is 0 Å². The van der Waals surface area contributed by atoms with Crippen LogP contribution in [0.4, 0.5) is 5.69 Å². The fraction of sp³-hybridized carbons (Fsp3) is 0.118. The average Bonchev–Trinajstić information content (AvgIpc) is 3.96. The quantitative estimate of drug-likeness (QED) is 0.184. The Hall–Kier alpha value is -6.47. The zero-order valence-corrected chi connectivity index (χ0v) is 31.9. The summed E-state index contributed by atoms with van der Waals surface area (Å²) in [7, 11) is 0. The first-order chi connectivity index (χ1) is 28.2. The van der Waals surface area contributed by atoms with Gasteiger partial charge in [0, 0.05) is 54.2 Å². The number of rotatable bonds is 5. The van der Waals surface area contributed by atoms with Crippen molar-refractivity contribution in [2.45, 2.75) is 37.1 Å². The molecule has 6 heteroatoms. The molecule has 4 aliphatic rings. The molecule has 274 valence electrons. The van der Waals surface area contributed by atoms with Crippen LogP contribution in [0.5, 0.6) is 0 Å². The van der Waals surface area contributed by atoms with E-state index in [0.29, 0.717) is 12.0 Å². The molecule has 12 rings (SSSR count). The van der Waals surface area contributed by atoms with Crippen LogP contribution in [0.25, 0.3) is 49.2 Å². The lowest BCUT2D eigenvalue weighted by atomic mass is 9.91. The molecule has 8 aromatic rings. The van der Waals surface area contributed by atoms with Gasteiger partial charge < -0.3 is 14.6 Å². The molecule has 2 aliphatic carbocycles. The van der Waals surface area contributed by atoms with Crippen molar-refractivity contribution in [3.63, 3.8) is 0 Å². The Morgan fingerprint density at radius 3 is 2.39 bits per heavy atom. The molecule has 4 unspecified atom stereocenters. The summed E-state index contributed by atoms with van der Waals surface area (Å²) in [5.74, 6) is 1.25. The van der Waals surface area contributed by atoms with Gasteiger partial charge in [0.15, 0.2) is 0 Å². The lowest BCUT2D eigenvalue weighted by molar-refractivity contribution is 0.408. The predicted molar refractivity (Wildman–Crippen MR) is 236 cm³/mol. The van der Waals surface area contributed by atoms with Gasteiger partial charge in [-0.25, -0.2) is 4.99 Å². The SMILES string of the molecule is C1=CC2c3ccccc3N(C3=Cc4c(sc5c(-c6ccc7oc8c(C9NC(c%10ccccc%10)=NC(c%10ccccc%10)N9)cccc8c7c6)cccc45)CC3)C2C=C1. The van der Waals surface area contributed by atoms with Crippen LogP contribution < -0.4 is 15.5 Å². The van der Waals surface area contributed by atoms with Crippen molar-refractivity contribution in [1.82, 2.24) is 10.6 Å². The number of hydrogen-bond acceptors (Lipinski definition) is 6. The molecular weight excluding hydrogens is 717 g/mol. The largest absolute Gasteiger partial charge is 0.456 e. The minimum atomic E-state index is -0.221. The van der Waals surface area contributed by atoms with Gasteiger partial charge in [-0.15, -0.1) is 11.3 Å². The molecule has 0 radical (unpaired) electrons. The van der Waals surface area contributed by atoms with Gasteiger partial charge in [0.2, 0.25) is 0 Å². The first-order valence-corrected chi connectivity index (χ1v) is 20.7. The molecule has 0 fully saturated rings. The fourth-order valence-electron chi connectivity index (χ4n) is 9.54. The highest BCUT2D eigenvalue weighted by Gasteiger charge is 2.38. The average molecular weight is 755 g/mol. The second-order valence-electron chi connectivity index (χ2n) is 15.4. The van der Waals surface area contributed by atoms with Crippen molar-refractivity contribution < 1.29 is 4.42 Å². The zero-order valence-electron chi connectivity index (χ0n) is 31.1. The fourth-order valence-corrected chi connectivity index (χ4v) is 10.9. The first-order valence-electron chi connectivity index (χ1n) is 19.9. The summed E-state index contributed by atoms with van der Waals surface area (Å²) in [6.07, 6.45) is 13.3. The molecule has 2 aromatic heterocycles. The second-order valence-corrected chi connectivity index (χ2v) is 16.5. The van der Waals surface area contributed by atoms with E-state index in [2.05, 4.69) is 173 Å². The molecule has 0 bridgehead atoms. The lowest BCUT2D eigenvalue weighted by Crippen LogP contribution is -2.45. The van der Waals surface area contributed by atoms with E-state index in [9.17, 15) is 0 Å². The van der Waals surface area contributed by atoms with Gasteiger partial charge in [-0.3, -0.25) is 5.32 Å². The summed E-state index contributed by atoms with van der Waals surface area (Å²) in [6.45, 7) is 0. The van der Waals surface area contributed by atoms with Crippen LogP contribution >= 0.6 is 11.3 Å². The highest BCUT2D eigenvalue weighted by atomic mass is 32.1. The van der Waals surface area contributed by atoms with Crippen LogP contribution in [0.3, 0.4) is 0 Å². The molecule has 2 N–H and O–H groups in total. The summed E-state index contributed by atoms with van der Waals surface area (Å²) >= 11 is 1.96. The highest BCUT2D eigenvalue weighted by molar-refractivity contribution is 7.20. The van der Waals surface area contributed by atoms with Gasteiger partial charge in [0.05, 0.1) is 6.04 Å². The molecule has 4 heterocycles. The summed E-state index contributed by atoms with van der Waals surface area (Å²) in [5, 5.41) is 11.0. The van der Waals surface area contributed by atoms with Gasteiger partial charge in [-0.1, -0.05) is 146 Å². The second kappa shape index (κ2) is 13.1. The number of aliphatic imine (C=N–C) groups is 1. The van der Waals surface area contributed by atoms with Crippen LogP contribution in [0, 0.1) is 0 Å². The Morgan fingerprint density at radius 1 is 0.684 bits per heavy atom. The van der Waals surface area contributed by atoms with E-state index in [4.69, 9.17) is 9.41 Å². The van der Waals surface area contributed by atoms with E-state index in [1.807, 2.05) is 23.5 Å². The van der Waals surface area contributed by atoms with Crippen molar-refractivity contribution in [2.24, 2.45) is 4.99 Å². The van der Waals surface area contributed by atoms with Crippen molar-refractivity contribution in [1.29, 1.82) is 0 Å². The normalized spacial score (nSPS) is 20.9. The molecule has 0 saturated carbocycles. The van der Waals surface area contributed by atoms with Crippen LogP contribution in [-0.4, -0.2) is 11.9 Å². The number of nitrogens with one attached hydrogen (secondary N) is 2. The van der Waals surface area contributed by atoms with Crippen molar-refractivity contribution in [2.75, 3.05) is 4.90 Å². The minimum absolute atomic E-state index is 0.216. The smallest absolute Gasteiger partial charge is 0.142 e. The predicted octanol–water partition coefficient (Wildman–Crippen LogP) is 12.2. The summed E-state index contributed by atoms with van der Waals surface area (Å²) in [5.41, 5.74) is 13.0. The molecular formula is C51H38N4OS. The number of amidine groups is 1. The van der Waals surface area contributed by atoms with E-state index in [1.165, 1.54) is 48.6 Å². The number of allylic oxidation sites excluding steroid dienone is 3. The molecule has 0 spiro atoms. The van der Waals surface area contributed by atoms with E-state index in [0.717, 1.165) is 57.3 Å². The Bertz CT molecular complexity index is 3010. The maximum Gasteiger partial charge on any atom is 0.142 e. The molecule has 0 saturated heterocycles. The van der Waals surface area contributed by atoms with Gasteiger partial charge in [0.25, 0.3) is 0 Å². The van der Waals surface area contributed by atoms with Crippen LogP contribution in [0.15, 0.2) is 179 Å². The Labute approximate surface area is 335 Å². The Kier molecular flexibility index (Phi) is 7.50.